The molecule has 15 heavy (non-hydrogen) atoms. The number of hydrogen-bond donors (Lipinski definition) is 0. The normalized spacial score (nSPS) is 32.0. The molecule has 1 aromatic carbocycles. The maximum Gasteiger partial charge on any atom is 0.123 e. The highest BCUT2D eigenvalue weighted by molar-refractivity contribution is 5.43. The summed E-state index contributed by atoms with van der Waals surface area (Å²) in [6.07, 6.45) is 5.18. The zero-order chi connectivity index (χ0) is 10.4. The average Bonchev–Trinajstić information content (AvgIpc) is 2.74. The molecule has 2 aliphatic carbocycles. The Kier molecular flexibility index (Phi) is 2.08. The molecule has 3 rings (SSSR count). The van der Waals surface area contributed by atoms with Crippen LogP contribution in [0.3, 0.4) is 0 Å². The Morgan fingerprint density at radius 2 is 1.93 bits per heavy atom. The van der Waals surface area contributed by atoms with Gasteiger partial charge >= 0.3 is 0 Å². The van der Waals surface area contributed by atoms with Crippen LogP contribution in [-0.4, -0.2) is 0 Å². The van der Waals surface area contributed by atoms with Gasteiger partial charge in [0, 0.05) is 0 Å². The molecule has 1 fully saturated rings. The van der Waals surface area contributed by atoms with E-state index in [1.807, 2.05) is 6.07 Å². The molecule has 0 radical (unpaired) electrons. The van der Waals surface area contributed by atoms with Crippen LogP contribution >= 0.6 is 0 Å². The van der Waals surface area contributed by atoms with Gasteiger partial charge in [-0.25, -0.2) is 4.39 Å². The number of halogens is 1. The molecular formula is C14H17F. The summed E-state index contributed by atoms with van der Waals surface area (Å²) in [5.74, 6) is 2.16. The van der Waals surface area contributed by atoms with Crippen molar-refractivity contribution in [3.63, 3.8) is 0 Å². The second-order valence-electron chi connectivity index (χ2n) is 5.02. The van der Waals surface area contributed by atoms with Gasteiger partial charge in [0.2, 0.25) is 0 Å². The van der Waals surface area contributed by atoms with Crippen molar-refractivity contribution < 1.29 is 4.39 Å². The quantitative estimate of drug-likeness (QED) is 0.676. The van der Waals surface area contributed by atoms with Gasteiger partial charge in [-0.3, -0.25) is 0 Å². The Bertz CT molecular complexity index is 383. The third kappa shape index (κ3) is 1.25. The SMILES string of the molecule is CCCC1C2CCC1c1cc(F)ccc12. The van der Waals surface area contributed by atoms with Crippen LogP contribution in [0.25, 0.3) is 0 Å². The van der Waals surface area contributed by atoms with Crippen LogP contribution in [0.5, 0.6) is 0 Å². The van der Waals surface area contributed by atoms with Crippen LogP contribution in [-0.2, 0) is 0 Å². The predicted molar refractivity (Wildman–Crippen MR) is 59.5 cm³/mol. The van der Waals surface area contributed by atoms with E-state index in [1.165, 1.54) is 36.8 Å². The third-order valence-corrected chi connectivity index (χ3v) is 4.29. The molecule has 0 aliphatic heterocycles. The van der Waals surface area contributed by atoms with E-state index in [0.717, 1.165) is 11.8 Å². The summed E-state index contributed by atoms with van der Waals surface area (Å²) in [5, 5.41) is 0. The van der Waals surface area contributed by atoms with E-state index < -0.39 is 0 Å². The zero-order valence-corrected chi connectivity index (χ0v) is 9.17. The summed E-state index contributed by atoms with van der Waals surface area (Å²) >= 11 is 0. The predicted octanol–water partition coefficient (Wildman–Crippen LogP) is 4.22. The highest BCUT2D eigenvalue weighted by Crippen LogP contribution is 2.58. The molecule has 0 saturated heterocycles. The summed E-state index contributed by atoms with van der Waals surface area (Å²) < 4.78 is 13.2. The molecule has 0 aromatic heterocycles. The highest BCUT2D eigenvalue weighted by Gasteiger charge is 2.44. The Balaban J connectivity index is 2.01. The Labute approximate surface area is 90.5 Å². The van der Waals surface area contributed by atoms with Crippen molar-refractivity contribution in [3.8, 4) is 0 Å². The minimum Gasteiger partial charge on any atom is -0.207 e. The second kappa shape index (κ2) is 3.33. The van der Waals surface area contributed by atoms with Gasteiger partial charge < -0.3 is 0 Å². The number of rotatable bonds is 2. The van der Waals surface area contributed by atoms with Crippen LogP contribution in [0.1, 0.15) is 55.6 Å². The summed E-state index contributed by atoms with van der Waals surface area (Å²) in [7, 11) is 0. The van der Waals surface area contributed by atoms with E-state index in [0.29, 0.717) is 5.92 Å². The number of hydrogen-bond acceptors (Lipinski definition) is 0. The molecule has 0 N–H and O–H groups in total. The van der Waals surface area contributed by atoms with Gasteiger partial charge in [-0.2, -0.15) is 0 Å². The van der Waals surface area contributed by atoms with E-state index in [-0.39, 0.29) is 5.82 Å². The van der Waals surface area contributed by atoms with Gasteiger partial charge in [0.15, 0.2) is 0 Å². The van der Waals surface area contributed by atoms with Crippen molar-refractivity contribution in [2.24, 2.45) is 5.92 Å². The first-order valence-electron chi connectivity index (χ1n) is 6.10. The first kappa shape index (κ1) is 9.38. The lowest BCUT2D eigenvalue weighted by Gasteiger charge is -2.13. The molecule has 1 heteroatoms. The number of benzene rings is 1. The van der Waals surface area contributed by atoms with E-state index in [9.17, 15) is 4.39 Å². The Hall–Kier alpha value is -0.850. The number of fused-ring (bicyclic) bond motifs is 5. The van der Waals surface area contributed by atoms with Gasteiger partial charge in [-0.05, 0) is 60.3 Å². The van der Waals surface area contributed by atoms with E-state index in [2.05, 4.69) is 6.92 Å². The molecule has 80 valence electrons. The Morgan fingerprint density at radius 1 is 1.20 bits per heavy atom. The highest BCUT2D eigenvalue weighted by atomic mass is 19.1. The fraction of sp³-hybridized carbons (Fsp3) is 0.571. The fourth-order valence-corrected chi connectivity index (χ4v) is 3.78. The molecular weight excluding hydrogens is 187 g/mol. The molecule has 1 saturated carbocycles. The summed E-state index contributed by atoms with van der Waals surface area (Å²) in [5.41, 5.74) is 2.77. The lowest BCUT2D eigenvalue weighted by Crippen LogP contribution is -2.02. The van der Waals surface area contributed by atoms with Crippen LogP contribution < -0.4 is 0 Å². The maximum absolute atomic E-state index is 13.2. The molecule has 3 atom stereocenters. The van der Waals surface area contributed by atoms with Crippen LogP contribution in [0.2, 0.25) is 0 Å². The third-order valence-electron chi connectivity index (χ3n) is 4.29. The summed E-state index contributed by atoms with van der Waals surface area (Å²) in [4.78, 5) is 0. The standard InChI is InChI=1S/C14H17F/c1-2-3-10-11-6-7-13(10)14-8-9(15)4-5-12(11)14/h4-5,8,10-11,13H,2-3,6-7H2,1H3. The minimum absolute atomic E-state index is 0.0588. The molecule has 0 heterocycles. The van der Waals surface area contributed by atoms with E-state index in [4.69, 9.17) is 0 Å². The zero-order valence-electron chi connectivity index (χ0n) is 9.17. The molecule has 2 aliphatic rings. The molecule has 0 nitrogen and oxygen atoms in total. The van der Waals surface area contributed by atoms with E-state index >= 15 is 0 Å². The topological polar surface area (TPSA) is 0 Å². The molecule has 0 amide bonds. The van der Waals surface area contributed by atoms with Crippen molar-refractivity contribution in [2.75, 3.05) is 0 Å². The van der Waals surface area contributed by atoms with Crippen LogP contribution in [0.4, 0.5) is 4.39 Å². The Morgan fingerprint density at radius 3 is 2.67 bits per heavy atom. The van der Waals surface area contributed by atoms with Crippen molar-refractivity contribution in [1.29, 1.82) is 0 Å². The first-order valence-corrected chi connectivity index (χ1v) is 6.10. The van der Waals surface area contributed by atoms with Gasteiger partial charge in [0.1, 0.15) is 5.82 Å². The molecule has 3 unspecified atom stereocenters. The van der Waals surface area contributed by atoms with Gasteiger partial charge in [-0.15, -0.1) is 0 Å². The monoisotopic (exact) mass is 204 g/mol. The van der Waals surface area contributed by atoms with Crippen LogP contribution in [0, 0.1) is 11.7 Å². The van der Waals surface area contributed by atoms with E-state index in [1.54, 1.807) is 12.1 Å². The summed E-state index contributed by atoms with van der Waals surface area (Å²) in [6, 6.07) is 5.43. The molecule has 2 bridgehead atoms. The van der Waals surface area contributed by atoms with Crippen LogP contribution in [0.15, 0.2) is 18.2 Å². The van der Waals surface area contributed by atoms with Gasteiger partial charge in [0.05, 0.1) is 0 Å². The van der Waals surface area contributed by atoms with Crippen molar-refractivity contribution in [1.82, 2.24) is 0 Å². The molecule has 1 aromatic rings. The molecule has 0 spiro atoms. The average molecular weight is 204 g/mol. The van der Waals surface area contributed by atoms with Gasteiger partial charge in [-0.1, -0.05) is 19.4 Å². The smallest absolute Gasteiger partial charge is 0.123 e. The van der Waals surface area contributed by atoms with Gasteiger partial charge in [0.25, 0.3) is 0 Å². The van der Waals surface area contributed by atoms with Crippen molar-refractivity contribution >= 4 is 0 Å². The van der Waals surface area contributed by atoms with Crippen molar-refractivity contribution in [2.45, 2.75) is 44.4 Å². The summed E-state index contributed by atoms with van der Waals surface area (Å²) in [6.45, 7) is 2.25. The first-order chi connectivity index (χ1) is 7.31. The minimum atomic E-state index is -0.0588. The maximum atomic E-state index is 13.2. The lowest BCUT2D eigenvalue weighted by atomic mass is 9.91. The fourth-order valence-electron chi connectivity index (χ4n) is 3.78. The largest absolute Gasteiger partial charge is 0.207 e. The second-order valence-corrected chi connectivity index (χ2v) is 5.02. The lowest BCUT2D eigenvalue weighted by molar-refractivity contribution is 0.439. The van der Waals surface area contributed by atoms with Crippen molar-refractivity contribution in [3.05, 3.63) is 35.1 Å².